The maximum absolute atomic E-state index is 12.3. The van der Waals surface area contributed by atoms with Crippen LogP contribution in [0.15, 0.2) is 30.6 Å². The quantitative estimate of drug-likeness (QED) is 0.491. The fraction of sp³-hybridized carbons (Fsp3) is 0.333. The van der Waals surface area contributed by atoms with Gasteiger partial charge < -0.3 is 4.57 Å². The molecule has 0 saturated heterocycles. The first kappa shape index (κ1) is 13.5. The van der Waals surface area contributed by atoms with E-state index in [4.69, 9.17) is 0 Å². The Bertz CT molecular complexity index is 689. The monoisotopic (exact) mass is 285 g/mol. The van der Waals surface area contributed by atoms with Crippen LogP contribution in [0.4, 0.5) is 5.69 Å². The molecule has 0 amide bonds. The van der Waals surface area contributed by atoms with Crippen molar-refractivity contribution in [3.8, 4) is 0 Å². The number of ketones is 1. The van der Waals surface area contributed by atoms with E-state index in [9.17, 15) is 14.9 Å². The third-order valence-electron chi connectivity index (χ3n) is 3.82. The first-order valence-electron chi connectivity index (χ1n) is 6.95. The minimum Gasteiger partial charge on any atom is -0.327 e. The molecule has 1 aromatic heterocycles. The second kappa shape index (κ2) is 5.47. The zero-order chi connectivity index (χ0) is 14.8. The maximum Gasteiger partial charge on any atom is 0.269 e. The number of nitro benzene ring substituents is 1. The highest BCUT2D eigenvalue weighted by atomic mass is 16.6. The van der Waals surface area contributed by atoms with E-state index in [0.29, 0.717) is 5.56 Å². The van der Waals surface area contributed by atoms with Crippen molar-refractivity contribution in [1.29, 1.82) is 0 Å². The van der Waals surface area contributed by atoms with Crippen molar-refractivity contribution < 1.29 is 9.72 Å². The number of nitro groups is 1. The molecule has 0 unspecified atom stereocenters. The highest BCUT2D eigenvalue weighted by Crippen LogP contribution is 2.20. The number of aromatic nitrogens is 2. The number of non-ortho nitro benzene ring substituents is 1. The standard InChI is InChI=1S/C15H15N3O3/c19-15(11-5-7-12(8-6-11)18(20)21)9-17-10-16-13-3-1-2-4-14(13)17/h5-8,10H,1-4,9H2. The molecule has 3 rings (SSSR count). The number of Topliss-reactive ketones (excluding diaryl/α,β-unsaturated/α-hetero) is 1. The van der Waals surface area contributed by atoms with Gasteiger partial charge in [-0.3, -0.25) is 14.9 Å². The summed E-state index contributed by atoms with van der Waals surface area (Å²) in [6.07, 6.45) is 5.95. The lowest BCUT2D eigenvalue weighted by molar-refractivity contribution is -0.384. The van der Waals surface area contributed by atoms with Crippen LogP contribution < -0.4 is 0 Å². The van der Waals surface area contributed by atoms with E-state index < -0.39 is 4.92 Å². The van der Waals surface area contributed by atoms with E-state index >= 15 is 0 Å². The average molecular weight is 285 g/mol. The number of nitrogens with zero attached hydrogens (tertiary/aromatic N) is 3. The van der Waals surface area contributed by atoms with Crippen molar-refractivity contribution in [2.45, 2.75) is 32.2 Å². The van der Waals surface area contributed by atoms with E-state index in [1.165, 1.54) is 24.3 Å². The molecule has 0 fully saturated rings. The van der Waals surface area contributed by atoms with Crippen LogP contribution in [0, 0.1) is 10.1 Å². The van der Waals surface area contributed by atoms with Crippen LogP contribution in [0.2, 0.25) is 0 Å². The summed E-state index contributed by atoms with van der Waals surface area (Å²) in [5, 5.41) is 10.6. The molecular weight excluding hydrogens is 270 g/mol. The van der Waals surface area contributed by atoms with E-state index in [1.54, 1.807) is 6.33 Å². The molecule has 6 nitrogen and oxygen atoms in total. The van der Waals surface area contributed by atoms with Crippen LogP contribution in [0.5, 0.6) is 0 Å². The number of imidazole rings is 1. The summed E-state index contributed by atoms with van der Waals surface area (Å²) >= 11 is 0. The summed E-state index contributed by atoms with van der Waals surface area (Å²) < 4.78 is 1.90. The van der Waals surface area contributed by atoms with Gasteiger partial charge in [0.15, 0.2) is 5.78 Å². The topological polar surface area (TPSA) is 78.0 Å². The van der Waals surface area contributed by atoms with Gasteiger partial charge in [-0.15, -0.1) is 0 Å². The second-order valence-corrected chi connectivity index (χ2v) is 5.20. The third kappa shape index (κ3) is 2.69. The first-order valence-corrected chi connectivity index (χ1v) is 6.95. The molecule has 0 saturated carbocycles. The number of hydrogen-bond donors (Lipinski definition) is 0. The molecule has 0 spiro atoms. The van der Waals surface area contributed by atoms with Gasteiger partial charge in [0, 0.05) is 23.4 Å². The number of carbonyl (C=O) groups is 1. The maximum atomic E-state index is 12.3. The van der Waals surface area contributed by atoms with Crippen LogP contribution in [0.25, 0.3) is 0 Å². The molecule has 1 aromatic carbocycles. The molecule has 21 heavy (non-hydrogen) atoms. The molecule has 1 aliphatic carbocycles. The minimum absolute atomic E-state index is 0.00781. The largest absolute Gasteiger partial charge is 0.327 e. The van der Waals surface area contributed by atoms with Crippen LogP contribution in [0.1, 0.15) is 34.6 Å². The van der Waals surface area contributed by atoms with Crippen molar-refractivity contribution in [3.63, 3.8) is 0 Å². The van der Waals surface area contributed by atoms with Gasteiger partial charge in [0.2, 0.25) is 0 Å². The molecule has 108 valence electrons. The van der Waals surface area contributed by atoms with E-state index in [2.05, 4.69) is 4.98 Å². The molecule has 2 aromatic rings. The van der Waals surface area contributed by atoms with Crippen molar-refractivity contribution in [2.75, 3.05) is 0 Å². The minimum atomic E-state index is -0.472. The summed E-state index contributed by atoms with van der Waals surface area (Å²) in [6, 6.07) is 5.72. The molecule has 0 aliphatic heterocycles. The summed E-state index contributed by atoms with van der Waals surface area (Å²) in [6.45, 7) is 0.236. The van der Waals surface area contributed by atoms with Crippen LogP contribution in [-0.4, -0.2) is 20.3 Å². The normalized spacial score (nSPS) is 13.7. The van der Waals surface area contributed by atoms with Crippen LogP contribution >= 0.6 is 0 Å². The highest BCUT2D eigenvalue weighted by molar-refractivity contribution is 5.96. The molecule has 1 aliphatic rings. The first-order chi connectivity index (χ1) is 10.1. The Morgan fingerprint density at radius 2 is 1.95 bits per heavy atom. The van der Waals surface area contributed by atoms with Crippen molar-refractivity contribution >= 4 is 11.5 Å². The zero-order valence-electron chi connectivity index (χ0n) is 11.5. The molecule has 0 N–H and O–H groups in total. The van der Waals surface area contributed by atoms with Crippen LogP contribution in [-0.2, 0) is 19.4 Å². The number of rotatable bonds is 4. The molecule has 0 radical (unpaired) electrons. The molecule has 0 bridgehead atoms. The Morgan fingerprint density at radius 1 is 1.24 bits per heavy atom. The third-order valence-corrected chi connectivity index (χ3v) is 3.82. The van der Waals surface area contributed by atoms with Gasteiger partial charge in [-0.25, -0.2) is 4.98 Å². The van der Waals surface area contributed by atoms with Crippen LogP contribution in [0.3, 0.4) is 0 Å². The van der Waals surface area contributed by atoms with Gasteiger partial charge in [-0.05, 0) is 37.8 Å². The Hall–Kier alpha value is -2.50. The van der Waals surface area contributed by atoms with E-state index in [1.807, 2.05) is 4.57 Å². The molecular formula is C15H15N3O3. The Morgan fingerprint density at radius 3 is 2.67 bits per heavy atom. The molecule has 0 atom stereocenters. The molecule has 6 heteroatoms. The van der Waals surface area contributed by atoms with E-state index in [-0.39, 0.29) is 18.0 Å². The highest BCUT2D eigenvalue weighted by Gasteiger charge is 2.17. The van der Waals surface area contributed by atoms with Gasteiger partial charge in [-0.2, -0.15) is 0 Å². The number of hydrogen-bond acceptors (Lipinski definition) is 4. The average Bonchev–Trinajstić information content (AvgIpc) is 2.91. The van der Waals surface area contributed by atoms with Crippen molar-refractivity contribution in [3.05, 3.63) is 57.7 Å². The number of carbonyl (C=O) groups excluding carboxylic acids is 1. The summed E-state index contributed by atoms with van der Waals surface area (Å²) in [5.74, 6) is -0.0596. The second-order valence-electron chi connectivity index (χ2n) is 5.20. The predicted molar refractivity (Wildman–Crippen MR) is 76.3 cm³/mol. The van der Waals surface area contributed by atoms with Gasteiger partial charge in [-0.1, -0.05) is 0 Å². The number of fused-ring (bicyclic) bond motifs is 1. The van der Waals surface area contributed by atoms with Gasteiger partial charge in [0.25, 0.3) is 5.69 Å². The SMILES string of the molecule is O=C(Cn1cnc2c1CCCC2)c1ccc([N+](=O)[O-])cc1. The lowest BCUT2D eigenvalue weighted by Crippen LogP contribution is -2.14. The molecule has 1 heterocycles. The van der Waals surface area contributed by atoms with Gasteiger partial charge in [0.1, 0.15) is 0 Å². The smallest absolute Gasteiger partial charge is 0.269 e. The number of aryl methyl sites for hydroxylation is 1. The van der Waals surface area contributed by atoms with Gasteiger partial charge >= 0.3 is 0 Å². The summed E-state index contributed by atoms with van der Waals surface area (Å²) in [7, 11) is 0. The Labute approximate surface area is 121 Å². The van der Waals surface area contributed by atoms with E-state index in [0.717, 1.165) is 37.1 Å². The Balaban J connectivity index is 1.77. The van der Waals surface area contributed by atoms with Gasteiger partial charge in [0.05, 0.1) is 23.5 Å². The summed E-state index contributed by atoms with van der Waals surface area (Å²) in [5.41, 5.74) is 2.72. The fourth-order valence-electron chi connectivity index (χ4n) is 2.68. The lowest BCUT2D eigenvalue weighted by atomic mass is 10.0. The van der Waals surface area contributed by atoms with Crippen molar-refractivity contribution in [2.24, 2.45) is 0 Å². The zero-order valence-corrected chi connectivity index (χ0v) is 11.5. The predicted octanol–water partition coefficient (Wildman–Crippen LogP) is 2.55. The number of benzene rings is 1. The lowest BCUT2D eigenvalue weighted by Gasteiger charge is -2.13. The Kier molecular flexibility index (Phi) is 3.51. The van der Waals surface area contributed by atoms with Crippen molar-refractivity contribution in [1.82, 2.24) is 9.55 Å². The fourth-order valence-corrected chi connectivity index (χ4v) is 2.68. The summed E-state index contributed by atoms with van der Waals surface area (Å²) in [4.78, 5) is 26.8.